The van der Waals surface area contributed by atoms with Crippen molar-refractivity contribution in [2.75, 3.05) is 12.4 Å². The van der Waals surface area contributed by atoms with Gasteiger partial charge in [-0.05, 0) is 18.2 Å². The molecule has 3 N–H and O–H groups in total. The summed E-state index contributed by atoms with van der Waals surface area (Å²) in [6, 6.07) is 7.98. The minimum atomic E-state index is -2.98. The van der Waals surface area contributed by atoms with Crippen molar-refractivity contribution in [1.82, 2.24) is 15.0 Å². The summed E-state index contributed by atoms with van der Waals surface area (Å²) in [7, 11) is -1.40. The number of carbonyl (C=O) groups excluding carboxylic acids is 1. The van der Waals surface area contributed by atoms with E-state index in [0.717, 1.165) is 4.88 Å². The van der Waals surface area contributed by atoms with Crippen LogP contribution in [0, 0.1) is 0 Å². The van der Waals surface area contributed by atoms with E-state index >= 15 is 0 Å². The number of amides is 1. The Morgan fingerprint density at radius 3 is 2.58 bits per heavy atom. The third kappa shape index (κ3) is 5.80. The first-order valence-electron chi connectivity index (χ1n) is 9.76. The molecule has 172 valence electrons. The molecule has 1 aliphatic carbocycles. The number of thiazole rings is 1. The minimum Gasteiger partial charge on any atom is -0.387 e. The fraction of sp³-hybridized carbons (Fsp3) is 0.190. The molecule has 0 atom stereocenters. The first-order chi connectivity index (χ1) is 16.0. The quantitative estimate of drug-likeness (QED) is 0.288. The van der Waals surface area contributed by atoms with Crippen LogP contribution >= 0.6 is 21.9 Å². The van der Waals surface area contributed by atoms with Crippen molar-refractivity contribution in [3.63, 3.8) is 0 Å². The van der Waals surface area contributed by atoms with E-state index in [4.69, 9.17) is 9.57 Å². The number of nitrogens with zero attached hydrogens (tertiary/aromatic N) is 4. The summed E-state index contributed by atoms with van der Waals surface area (Å²) >= 11 is 1.28. The maximum Gasteiger partial charge on any atom is 0.280 e. The average Bonchev–Trinajstić information content (AvgIpc) is 3.60. The molecule has 3 aromatic rings. The third-order valence-corrected chi connectivity index (χ3v) is 7.32. The monoisotopic (exact) mass is 487 g/mol. The van der Waals surface area contributed by atoms with Gasteiger partial charge in [0.25, 0.3) is 5.91 Å². The number of allylic oxidation sites excluding steroid dienone is 2. The van der Waals surface area contributed by atoms with Crippen molar-refractivity contribution in [3.05, 3.63) is 76.2 Å². The molecule has 0 fully saturated rings. The molecule has 10 nitrogen and oxygen atoms in total. The van der Waals surface area contributed by atoms with Crippen LogP contribution < -0.4 is 5.32 Å². The highest BCUT2D eigenvalue weighted by Gasteiger charge is 2.27. The second-order valence-corrected chi connectivity index (χ2v) is 10.1. The van der Waals surface area contributed by atoms with Gasteiger partial charge in [0.1, 0.15) is 0 Å². The van der Waals surface area contributed by atoms with Crippen molar-refractivity contribution >= 4 is 38.7 Å². The number of hydrogen-bond acceptors (Lipinski definition) is 10. The van der Waals surface area contributed by atoms with Gasteiger partial charge >= 0.3 is 0 Å². The van der Waals surface area contributed by atoms with E-state index in [2.05, 4.69) is 25.4 Å². The number of benzene rings is 1. The number of hydrogen-bond donors (Lipinski definition) is 3. The van der Waals surface area contributed by atoms with Crippen molar-refractivity contribution in [2.45, 2.75) is 24.5 Å². The summed E-state index contributed by atoms with van der Waals surface area (Å²) in [5.74, 6) is -0.126. The van der Waals surface area contributed by atoms with Crippen LogP contribution in [-0.4, -0.2) is 42.8 Å². The second kappa shape index (κ2) is 10.2. The Bertz CT molecular complexity index is 1180. The molecular formula is C21H21N5O5S2. The summed E-state index contributed by atoms with van der Waals surface area (Å²) in [5.41, 5.74) is 0.418. The summed E-state index contributed by atoms with van der Waals surface area (Å²) < 4.78 is 25.8. The zero-order chi connectivity index (χ0) is 23.3. The van der Waals surface area contributed by atoms with Crippen LogP contribution in [0.2, 0.25) is 0 Å². The molecule has 0 radical (unpaired) electrons. The molecule has 0 bridgehead atoms. The lowest BCUT2D eigenvalue weighted by Gasteiger charge is -2.30. The van der Waals surface area contributed by atoms with Crippen LogP contribution in [0.1, 0.15) is 22.7 Å². The van der Waals surface area contributed by atoms with E-state index in [9.17, 15) is 13.9 Å². The number of oxime groups is 1. The van der Waals surface area contributed by atoms with Gasteiger partial charge in [0.2, 0.25) is 0 Å². The number of anilines is 1. The largest absolute Gasteiger partial charge is 0.387 e. The number of ether oxygens (including phenoxy) is 1. The third-order valence-electron chi connectivity index (χ3n) is 4.44. The number of carbonyl (C=O) groups is 1. The van der Waals surface area contributed by atoms with Gasteiger partial charge in [-0.25, -0.2) is 15.0 Å². The number of aromatic nitrogens is 3. The number of nitrogens with one attached hydrogen (secondary N) is 1. The van der Waals surface area contributed by atoms with Crippen LogP contribution in [-0.2, 0) is 27.6 Å². The Hall–Kier alpha value is -3.16. The van der Waals surface area contributed by atoms with E-state index in [0.29, 0.717) is 39.3 Å². The lowest BCUT2D eigenvalue weighted by Crippen LogP contribution is -2.24. The van der Waals surface area contributed by atoms with Gasteiger partial charge in [-0.3, -0.25) is 19.2 Å². The van der Waals surface area contributed by atoms with Crippen molar-refractivity contribution in [3.8, 4) is 0 Å². The molecule has 1 aliphatic rings. The van der Waals surface area contributed by atoms with Crippen LogP contribution in [0.25, 0.3) is 0 Å². The Morgan fingerprint density at radius 1 is 1.18 bits per heavy atom. The molecule has 0 saturated heterocycles. The van der Waals surface area contributed by atoms with Crippen LogP contribution in [0.5, 0.6) is 0 Å². The molecule has 0 aliphatic heterocycles. The molecule has 1 amide bonds. The fourth-order valence-corrected chi connectivity index (χ4v) is 4.89. The molecule has 2 heterocycles. The predicted octanol–water partition coefficient (Wildman–Crippen LogP) is 4.04. The van der Waals surface area contributed by atoms with Crippen LogP contribution in [0.3, 0.4) is 0 Å². The Balaban J connectivity index is 1.55. The van der Waals surface area contributed by atoms with Crippen LogP contribution in [0.15, 0.2) is 70.0 Å². The molecule has 0 unspecified atom stereocenters. The lowest BCUT2D eigenvalue weighted by molar-refractivity contribution is -0.110. The molecule has 1 aromatic carbocycles. The maximum absolute atomic E-state index is 13.0. The van der Waals surface area contributed by atoms with Crippen LogP contribution in [0.4, 0.5) is 5.13 Å². The van der Waals surface area contributed by atoms with Crippen molar-refractivity contribution in [1.29, 1.82) is 0 Å². The fourth-order valence-electron chi connectivity index (χ4n) is 2.74. The zero-order valence-electron chi connectivity index (χ0n) is 17.5. The summed E-state index contributed by atoms with van der Waals surface area (Å²) in [6.07, 6.45) is 7.14. The standard InChI is InChI=1S/C21H21N5O5S2/c1-30-12-15-11-24-21(32-15)25-20(27)19(26-31-13-18-22-9-2-10-23-18)14-3-5-16(6-4-14)33(28,29)17-7-8-17/h2-7,9-11,28-29H,8,12-13H2,1H3,(H,24,25,27). The summed E-state index contributed by atoms with van der Waals surface area (Å²) in [5, 5.41) is 7.11. The molecule has 0 spiro atoms. The SMILES string of the molecule is COCc1cnc(NC(=O)C(=NOCc2ncccn2)c2ccc(S(O)(O)C3=CC3)cc2)s1. The van der Waals surface area contributed by atoms with Crippen molar-refractivity contribution in [2.24, 2.45) is 5.16 Å². The van der Waals surface area contributed by atoms with Gasteiger partial charge in [0.05, 0.1) is 16.4 Å². The minimum absolute atomic E-state index is 0.0110. The van der Waals surface area contributed by atoms with E-state index in [1.165, 1.54) is 11.3 Å². The van der Waals surface area contributed by atoms with Gasteiger partial charge in [-0.1, -0.05) is 34.7 Å². The van der Waals surface area contributed by atoms with E-state index < -0.39 is 16.5 Å². The van der Waals surface area contributed by atoms with Gasteiger partial charge in [0, 0.05) is 42.6 Å². The topological polar surface area (TPSA) is 139 Å². The Labute approximate surface area is 195 Å². The number of rotatable bonds is 10. The molecule has 2 aromatic heterocycles. The van der Waals surface area contributed by atoms with E-state index in [-0.39, 0.29) is 12.3 Å². The summed E-state index contributed by atoms with van der Waals surface area (Å²) in [4.78, 5) is 32.5. The Morgan fingerprint density at radius 2 is 1.91 bits per heavy atom. The first-order valence-corrected chi connectivity index (χ1v) is 12.1. The molecule has 12 heteroatoms. The molecule has 0 saturated carbocycles. The molecule has 33 heavy (non-hydrogen) atoms. The maximum atomic E-state index is 13.0. The number of methoxy groups -OCH3 is 1. The summed E-state index contributed by atoms with van der Waals surface area (Å²) in [6.45, 7) is 0.360. The van der Waals surface area contributed by atoms with Crippen molar-refractivity contribution < 1.29 is 23.5 Å². The smallest absolute Gasteiger partial charge is 0.280 e. The zero-order valence-corrected chi connectivity index (χ0v) is 19.2. The highest BCUT2D eigenvalue weighted by Crippen LogP contribution is 2.61. The van der Waals surface area contributed by atoms with Gasteiger partial charge in [-0.15, -0.1) is 10.6 Å². The molecular weight excluding hydrogens is 466 g/mol. The highest BCUT2D eigenvalue weighted by molar-refractivity contribution is 8.27. The second-order valence-electron chi connectivity index (χ2n) is 6.85. The highest BCUT2D eigenvalue weighted by atomic mass is 32.3. The van der Waals surface area contributed by atoms with Gasteiger partial charge in [-0.2, -0.15) is 0 Å². The average molecular weight is 488 g/mol. The van der Waals surface area contributed by atoms with E-state index in [1.54, 1.807) is 62.1 Å². The lowest BCUT2D eigenvalue weighted by atomic mass is 10.1. The molecule has 4 rings (SSSR count). The van der Waals surface area contributed by atoms with Gasteiger partial charge < -0.3 is 9.57 Å². The predicted molar refractivity (Wildman–Crippen MR) is 125 cm³/mol. The van der Waals surface area contributed by atoms with E-state index in [1.807, 2.05) is 0 Å². The normalized spacial score (nSPS) is 13.9. The van der Waals surface area contributed by atoms with Gasteiger partial charge in [0.15, 0.2) is 23.3 Å². The first kappa shape index (κ1) is 23.0. The Kier molecular flexibility index (Phi) is 7.11.